The summed E-state index contributed by atoms with van der Waals surface area (Å²) in [7, 11) is -0.252. The molecule has 0 heterocycles. The summed E-state index contributed by atoms with van der Waals surface area (Å²) in [5.41, 5.74) is 5.38. The molecule has 0 aliphatic heterocycles. The van der Waals surface area contributed by atoms with Gasteiger partial charge in [0.15, 0.2) is 0 Å². The molecule has 0 spiro atoms. The highest BCUT2D eigenvalue weighted by atomic mass is 35.5. The van der Waals surface area contributed by atoms with E-state index in [-0.39, 0.29) is 22.9 Å². The third-order valence-corrected chi connectivity index (χ3v) is 4.39. The van der Waals surface area contributed by atoms with E-state index in [0.29, 0.717) is 13.1 Å². The second-order valence-electron chi connectivity index (χ2n) is 3.82. The van der Waals surface area contributed by atoms with Gasteiger partial charge >= 0.3 is 0 Å². The highest BCUT2D eigenvalue weighted by molar-refractivity contribution is 7.89. The summed E-state index contributed by atoms with van der Waals surface area (Å²) in [6.45, 7) is 0.936. The van der Waals surface area contributed by atoms with Gasteiger partial charge in [-0.2, -0.15) is 4.31 Å². The van der Waals surface area contributed by atoms with Crippen LogP contribution in [-0.4, -0.2) is 45.8 Å². The SMILES string of the molecule is CNCCN(C)S(=O)(=O)c1ccc(C(N)=O)cc1.Cl. The minimum atomic E-state index is -3.51. The number of hydrogen-bond donors (Lipinski definition) is 2. The molecule has 1 aromatic rings. The van der Waals surface area contributed by atoms with Gasteiger partial charge in [0.05, 0.1) is 4.90 Å². The van der Waals surface area contributed by atoms with Crippen LogP contribution in [0.2, 0.25) is 0 Å². The van der Waals surface area contributed by atoms with Crippen molar-refractivity contribution >= 4 is 28.3 Å². The lowest BCUT2D eigenvalue weighted by Gasteiger charge is -2.16. The van der Waals surface area contributed by atoms with Gasteiger partial charge < -0.3 is 11.1 Å². The molecule has 0 aromatic heterocycles. The van der Waals surface area contributed by atoms with Crippen molar-refractivity contribution in [2.75, 3.05) is 27.2 Å². The summed E-state index contributed by atoms with van der Waals surface area (Å²) in [5.74, 6) is -0.581. The minimum Gasteiger partial charge on any atom is -0.366 e. The van der Waals surface area contributed by atoms with E-state index in [9.17, 15) is 13.2 Å². The van der Waals surface area contributed by atoms with Gasteiger partial charge in [0, 0.05) is 25.7 Å². The molecule has 8 heteroatoms. The smallest absolute Gasteiger partial charge is 0.248 e. The maximum absolute atomic E-state index is 12.1. The third-order valence-electron chi connectivity index (χ3n) is 2.52. The Kier molecular flexibility index (Phi) is 6.99. The molecule has 0 saturated carbocycles. The maximum Gasteiger partial charge on any atom is 0.248 e. The van der Waals surface area contributed by atoms with Crippen LogP contribution in [0.25, 0.3) is 0 Å². The fourth-order valence-electron chi connectivity index (χ4n) is 1.36. The number of benzene rings is 1. The van der Waals surface area contributed by atoms with Crippen LogP contribution < -0.4 is 11.1 Å². The Morgan fingerprint density at radius 2 is 1.84 bits per heavy atom. The van der Waals surface area contributed by atoms with Crippen molar-refractivity contribution in [1.82, 2.24) is 9.62 Å². The second kappa shape index (κ2) is 7.44. The van der Waals surface area contributed by atoms with Gasteiger partial charge in [-0.15, -0.1) is 12.4 Å². The number of hydrogen-bond acceptors (Lipinski definition) is 4. The zero-order chi connectivity index (χ0) is 13.8. The summed E-state index contributed by atoms with van der Waals surface area (Å²) < 4.78 is 25.5. The number of nitrogens with one attached hydrogen (secondary N) is 1. The van der Waals surface area contributed by atoms with E-state index in [0.717, 1.165) is 0 Å². The molecule has 0 saturated heterocycles. The predicted octanol–water partition coefficient (Wildman–Crippen LogP) is 0.0472. The number of amides is 1. The summed E-state index contributed by atoms with van der Waals surface area (Å²) in [6.07, 6.45) is 0. The molecule has 0 radical (unpaired) electrons. The van der Waals surface area contributed by atoms with Crippen LogP contribution in [0, 0.1) is 0 Å². The lowest BCUT2D eigenvalue weighted by molar-refractivity contribution is 0.1000. The van der Waals surface area contributed by atoms with E-state index >= 15 is 0 Å². The molecule has 0 aliphatic carbocycles. The topological polar surface area (TPSA) is 92.5 Å². The highest BCUT2D eigenvalue weighted by Crippen LogP contribution is 2.14. The molecule has 0 fully saturated rings. The first-order valence-electron chi connectivity index (χ1n) is 5.40. The number of nitrogens with zero attached hydrogens (tertiary/aromatic N) is 1. The highest BCUT2D eigenvalue weighted by Gasteiger charge is 2.20. The molecule has 0 aliphatic rings. The molecule has 19 heavy (non-hydrogen) atoms. The molecule has 1 aromatic carbocycles. The summed E-state index contributed by atoms with van der Waals surface area (Å²) in [5, 5.41) is 2.88. The van der Waals surface area contributed by atoms with Gasteiger partial charge in [-0.1, -0.05) is 0 Å². The lowest BCUT2D eigenvalue weighted by Crippen LogP contribution is -2.32. The van der Waals surface area contributed by atoms with E-state index in [1.807, 2.05) is 0 Å². The monoisotopic (exact) mass is 307 g/mol. The fraction of sp³-hybridized carbons (Fsp3) is 0.364. The van der Waals surface area contributed by atoms with Gasteiger partial charge in [0.2, 0.25) is 15.9 Å². The zero-order valence-corrected chi connectivity index (χ0v) is 12.4. The second-order valence-corrected chi connectivity index (χ2v) is 5.86. The van der Waals surface area contributed by atoms with Crippen LogP contribution in [0.4, 0.5) is 0 Å². The number of sulfonamides is 1. The Bertz CT molecular complexity index is 516. The molecule has 108 valence electrons. The van der Waals surface area contributed by atoms with E-state index in [2.05, 4.69) is 5.32 Å². The maximum atomic E-state index is 12.1. The van der Waals surface area contributed by atoms with Crippen LogP contribution in [-0.2, 0) is 10.0 Å². The third kappa shape index (κ3) is 4.46. The molecular formula is C11H18ClN3O3S. The largest absolute Gasteiger partial charge is 0.366 e. The van der Waals surface area contributed by atoms with E-state index < -0.39 is 15.9 Å². The van der Waals surface area contributed by atoms with Crippen molar-refractivity contribution in [1.29, 1.82) is 0 Å². The normalized spacial score (nSPS) is 11.1. The Labute approximate surface area is 119 Å². The fourth-order valence-corrected chi connectivity index (χ4v) is 2.53. The van der Waals surface area contributed by atoms with Crippen LogP contribution in [0.5, 0.6) is 0 Å². The van der Waals surface area contributed by atoms with Gasteiger partial charge in [-0.05, 0) is 31.3 Å². The van der Waals surface area contributed by atoms with Crippen LogP contribution in [0.1, 0.15) is 10.4 Å². The Morgan fingerprint density at radius 3 is 2.26 bits per heavy atom. The van der Waals surface area contributed by atoms with E-state index in [4.69, 9.17) is 5.73 Å². The molecule has 0 unspecified atom stereocenters. The van der Waals surface area contributed by atoms with Crippen molar-refractivity contribution in [2.24, 2.45) is 5.73 Å². The van der Waals surface area contributed by atoms with Crippen LogP contribution >= 0.6 is 12.4 Å². The van der Waals surface area contributed by atoms with Crippen molar-refractivity contribution in [2.45, 2.75) is 4.90 Å². The molecule has 6 nitrogen and oxygen atoms in total. The first-order chi connectivity index (χ1) is 8.39. The standard InChI is InChI=1S/C11H17N3O3S.ClH/c1-13-7-8-14(2)18(16,17)10-5-3-9(4-6-10)11(12)15;/h3-6,13H,7-8H2,1-2H3,(H2,12,15);1H. The van der Waals surface area contributed by atoms with Crippen molar-refractivity contribution in [3.63, 3.8) is 0 Å². The van der Waals surface area contributed by atoms with Crippen molar-refractivity contribution in [3.05, 3.63) is 29.8 Å². The average molecular weight is 308 g/mol. The Balaban J connectivity index is 0.00000324. The lowest BCUT2D eigenvalue weighted by atomic mass is 10.2. The van der Waals surface area contributed by atoms with E-state index in [1.54, 1.807) is 7.05 Å². The van der Waals surface area contributed by atoms with Crippen molar-refractivity contribution < 1.29 is 13.2 Å². The molecular weight excluding hydrogens is 290 g/mol. The minimum absolute atomic E-state index is 0. The van der Waals surface area contributed by atoms with Crippen LogP contribution in [0.3, 0.4) is 0 Å². The summed E-state index contributed by atoms with van der Waals surface area (Å²) in [6, 6.07) is 5.57. The first-order valence-corrected chi connectivity index (χ1v) is 6.84. The Morgan fingerprint density at radius 1 is 1.32 bits per heavy atom. The molecule has 0 bridgehead atoms. The van der Waals surface area contributed by atoms with Crippen LogP contribution in [0.15, 0.2) is 29.2 Å². The predicted molar refractivity (Wildman–Crippen MR) is 76.0 cm³/mol. The van der Waals surface area contributed by atoms with E-state index in [1.165, 1.54) is 35.6 Å². The number of rotatable bonds is 6. The van der Waals surface area contributed by atoms with Gasteiger partial charge in [0.25, 0.3) is 0 Å². The molecule has 1 rings (SSSR count). The number of nitrogens with two attached hydrogens (primary N) is 1. The van der Waals surface area contributed by atoms with Gasteiger partial charge in [-0.3, -0.25) is 4.79 Å². The zero-order valence-electron chi connectivity index (χ0n) is 10.8. The van der Waals surface area contributed by atoms with Gasteiger partial charge in [0.1, 0.15) is 0 Å². The number of carbonyl (C=O) groups is 1. The van der Waals surface area contributed by atoms with Gasteiger partial charge in [-0.25, -0.2) is 8.42 Å². The number of halogens is 1. The summed E-state index contributed by atoms with van der Waals surface area (Å²) in [4.78, 5) is 11.0. The number of likely N-dealkylation sites (N-methyl/N-ethyl adjacent to an activating group) is 2. The average Bonchev–Trinajstić information content (AvgIpc) is 2.35. The molecule has 1 amide bonds. The molecule has 3 N–H and O–H groups in total. The quantitative estimate of drug-likeness (QED) is 0.776. The first kappa shape index (κ1) is 17.8. The Hall–Kier alpha value is -1.15. The molecule has 0 atom stereocenters. The number of carbonyl (C=O) groups excluding carboxylic acids is 1. The summed E-state index contributed by atoms with van der Waals surface area (Å²) >= 11 is 0. The number of primary amides is 1. The van der Waals surface area contributed by atoms with Crippen molar-refractivity contribution in [3.8, 4) is 0 Å².